The Bertz CT molecular complexity index is 1030. The van der Waals surface area contributed by atoms with Gasteiger partial charge in [-0.1, -0.05) is 37.6 Å². The lowest BCUT2D eigenvalue weighted by atomic mass is 10.2. The SMILES string of the molecule is CCN(CC)S(=O)(=O)c1cc(C(=O)NCCNC(=O)c2ccccc2F)ccc1Cl. The van der Waals surface area contributed by atoms with E-state index in [-0.39, 0.29) is 47.2 Å². The van der Waals surface area contributed by atoms with Crippen LogP contribution in [0.1, 0.15) is 34.6 Å². The van der Waals surface area contributed by atoms with E-state index < -0.39 is 27.7 Å². The third kappa shape index (κ3) is 5.56. The predicted octanol–water partition coefficient (Wildman–Crippen LogP) is 2.67. The Kier molecular flexibility index (Phi) is 8.33. The summed E-state index contributed by atoms with van der Waals surface area (Å²) in [6, 6.07) is 9.56. The second kappa shape index (κ2) is 10.5. The molecule has 0 aromatic heterocycles. The molecule has 0 saturated heterocycles. The lowest BCUT2D eigenvalue weighted by molar-refractivity contribution is 0.0925. The molecular weight excluding hydrogens is 433 g/mol. The lowest BCUT2D eigenvalue weighted by Crippen LogP contribution is -2.35. The van der Waals surface area contributed by atoms with Crippen LogP contribution >= 0.6 is 11.6 Å². The number of benzene rings is 2. The number of carbonyl (C=O) groups excluding carboxylic acids is 2. The summed E-state index contributed by atoms with van der Waals surface area (Å²) in [5.41, 5.74) is 0.0262. The first kappa shape index (κ1) is 23.8. The minimum atomic E-state index is -3.83. The summed E-state index contributed by atoms with van der Waals surface area (Å²) in [6.07, 6.45) is 0. The Morgan fingerprint density at radius 2 is 1.60 bits per heavy atom. The number of hydrogen-bond donors (Lipinski definition) is 2. The molecule has 2 aromatic rings. The number of hydrogen-bond acceptors (Lipinski definition) is 4. The molecule has 0 saturated carbocycles. The van der Waals surface area contributed by atoms with Gasteiger partial charge in [0.25, 0.3) is 11.8 Å². The van der Waals surface area contributed by atoms with Crippen LogP contribution in [0.15, 0.2) is 47.4 Å². The number of amides is 2. The van der Waals surface area contributed by atoms with Crippen LogP contribution in [0, 0.1) is 5.82 Å². The molecular formula is C20H23ClFN3O4S. The molecule has 30 heavy (non-hydrogen) atoms. The fraction of sp³-hybridized carbons (Fsp3) is 0.300. The van der Waals surface area contributed by atoms with Crippen LogP contribution in [-0.2, 0) is 10.0 Å². The van der Waals surface area contributed by atoms with Crippen molar-refractivity contribution in [2.24, 2.45) is 0 Å². The van der Waals surface area contributed by atoms with Gasteiger partial charge >= 0.3 is 0 Å². The van der Waals surface area contributed by atoms with Crippen LogP contribution in [0.25, 0.3) is 0 Å². The van der Waals surface area contributed by atoms with E-state index in [1.54, 1.807) is 19.9 Å². The van der Waals surface area contributed by atoms with Crippen molar-refractivity contribution in [3.8, 4) is 0 Å². The zero-order valence-corrected chi connectivity index (χ0v) is 18.2. The van der Waals surface area contributed by atoms with Gasteiger partial charge in [0.05, 0.1) is 10.6 Å². The zero-order valence-electron chi connectivity index (χ0n) is 16.6. The van der Waals surface area contributed by atoms with Crippen molar-refractivity contribution < 1.29 is 22.4 Å². The Hall–Kier alpha value is -2.49. The number of sulfonamides is 1. The van der Waals surface area contributed by atoms with Crippen molar-refractivity contribution >= 4 is 33.4 Å². The minimum Gasteiger partial charge on any atom is -0.350 e. The van der Waals surface area contributed by atoms with E-state index in [1.807, 2.05) is 0 Å². The van der Waals surface area contributed by atoms with E-state index in [0.29, 0.717) is 0 Å². The van der Waals surface area contributed by atoms with Gasteiger partial charge in [0, 0.05) is 31.7 Å². The summed E-state index contributed by atoms with van der Waals surface area (Å²) in [7, 11) is -3.83. The van der Waals surface area contributed by atoms with Crippen molar-refractivity contribution in [2.75, 3.05) is 26.2 Å². The molecule has 0 aliphatic rings. The van der Waals surface area contributed by atoms with Crippen LogP contribution in [0.3, 0.4) is 0 Å². The molecule has 0 aliphatic carbocycles. The highest BCUT2D eigenvalue weighted by molar-refractivity contribution is 7.89. The maximum atomic E-state index is 13.6. The maximum absolute atomic E-state index is 13.6. The molecule has 0 spiro atoms. The lowest BCUT2D eigenvalue weighted by Gasteiger charge is -2.19. The van der Waals surface area contributed by atoms with Gasteiger partial charge in [-0.25, -0.2) is 12.8 Å². The number of nitrogens with one attached hydrogen (secondary N) is 2. The van der Waals surface area contributed by atoms with Gasteiger partial charge in [-0.05, 0) is 30.3 Å². The van der Waals surface area contributed by atoms with Gasteiger partial charge in [0.2, 0.25) is 10.0 Å². The fourth-order valence-corrected chi connectivity index (χ4v) is 4.70. The molecule has 0 fully saturated rings. The molecule has 2 amide bonds. The Labute approximate surface area is 180 Å². The van der Waals surface area contributed by atoms with Gasteiger partial charge in [0.1, 0.15) is 10.7 Å². The third-order valence-electron chi connectivity index (χ3n) is 4.33. The summed E-state index contributed by atoms with van der Waals surface area (Å²) < 4.78 is 40.3. The van der Waals surface area contributed by atoms with E-state index in [0.717, 1.165) is 0 Å². The smallest absolute Gasteiger partial charge is 0.254 e. The van der Waals surface area contributed by atoms with E-state index in [9.17, 15) is 22.4 Å². The van der Waals surface area contributed by atoms with E-state index in [2.05, 4.69) is 10.6 Å². The van der Waals surface area contributed by atoms with Crippen molar-refractivity contribution in [1.29, 1.82) is 0 Å². The first-order valence-electron chi connectivity index (χ1n) is 9.33. The molecule has 162 valence electrons. The van der Waals surface area contributed by atoms with Gasteiger partial charge in [-0.3, -0.25) is 9.59 Å². The van der Waals surface area contributed by atoms with Crippen LogP contribution < -0.4 is 10.6 Å². The molecule has 2 N–H and O–H groups in total. The summed E-state index contributed by atoms with van der Waals surface area (Å²) >= 11 is 6.06. The monoisotopic (exact) mass is 455 g/mol. The van der Waals surface area contributed by atoms with E-state index in [4.69, 9.17) is 11.6 Å². The minimum absolute atomic E-state index is 0.0237. The topological polar surface area (TPSA) is 95.6 Å². The molecule has 0 radical (unpaired) electrons. The molecule has 0 heterocycles. The highest BCUT2D eigenvalue weighted by Gasteiger charge is 2.25. The Morgan fingerprint density at radius 1 is 1.00 bits per heavy atom. The number of rotatable bonds is 9. The summed E-state index contributed by atoms with van der Waals surface area (Å²) in [5.74, 6) is -1.76. The first-order valence-corrected chi connectivity index (χ1v) is 11.1. The molecule has 0 atom stereocenters. The van der Waals surface area contributed by atoms with Crippen molar-refractivity contribution in [3.05, 3.63) is 64.4 Å². The third-order valence-corrected chi connectivity index (χ3v) is 6.86. The van der Waals surface area contributed by atoms with Crippen molar-refractivity contribution in [2.45, 2.75) is 18.7 Å². The van der Waals surface area contributed by atoms with E-state index >= 15 is 0 Å². The van der Waals surface area contributed by atoms with Crippen LogP contribution in [0.2, 0.25) is 5.02 Å². The Morgan fingerprint density at radius 3 is 2.20 bits per heavy atom. The average Bonchev–Trinajstić information content (AvgIpc) is 2.72. The standard InChI is InChI=1S/C20H23ClFN3O4S/c1-3-25(4-2)30(28,29)18-13-14(9-10-16(18)21)19(26)23-11-12-24-20(27)15-7-5-6-8-17(15)22/h5-10,13H,3-4,11-12H2,1-2H3,(H,23,26)(H,24,27). The van der Waals surface area contributed by atoms with Gasteiger partial charge in [-0.15, -0.1) is 0 Å². The fourth-order valence-electron chi connectivity index (χ4n) is 2.74. The van der Waals surface area contributed by atoms with E-state index in [1.165, 1.54) is 40.7 Å². The first-order chi connectivity index (χ1) is 14.2. The van der Waals surface area contributed by atoms with Crippen LogP contribution in [0.4, 0.5) is 4.39 Å². The highest BCUT2D eigenvalue weighted by Crippen LogP contribution is 2.25. The quantitative estimate of drug-likeness (QED) is 0.568. The highest BCUT2D eigenvalue weighted by atomic mass is 35.5. The number of nitrogens with zero attached hydrogens (tertiary/aromatic N) is 1. The van der Waals surface area contributed by atoms with Gasteiger partial charge < -0.3 is 10.6 Å². The molecule has 7 nitrogen and oxygen atoms in total. The molecule has 0 aliphatic heterocycles. The second-order valence-corrected chi connectivity index (χ2v) is 8.54. The number of carbonyl (C=O) groups is 2. The van der Waals surface area contributed by atoms with Gasteiger partial charge in [0.15, 0.2) is 0 Å². The largest absolute Gasteiger partial charge is 0.350 e. The average molecular weight is 456 g/mol. The number of halogens is 2. The molecule has 2 aromatic carbocycles. The predicted molar refractivity (Wildman–Crippen MR) is 113 cm³/mol. The van der Waals surface area contributed by atoms with Crippen molar-refractivity contribution in [3.63, 3.8) is 0 Å². The summed E-state index contributed by atoms with van der Waals surface area (Å²) in [4.78, 5) is 24.2. The molecule has 0 bridgehead atoms. The zero-order chi connectivity index (χ0) is 22.3. The van der Waals surface area contributed by atoms with Crippen LogP contribution in [0.5, 0.6) is 0 Å². The normalized spacial score (nSPS) is 11.4. The molecule has 10 heteroatoms. The van der Waals surface area contributed by atoms with Crippen molar-refractivity contribution in [1.82, 2.24) is 14.9 Å². The van der Waals surface area contributed by atoms with Crippen LogP contribution in [-0.4, -0.2) is 50.7 Å². The molecule has 0 unspecified atom stereocenters. The Balaban J connectivity index is 2.01. The summed E-state index contributed by atoms with van der Waals surface area (Å²) in [6.45, 7) is 4.10. The molecule has 2 rings (SSSR count). The van der Waals surface area contributed by atoms with Gasteiger partial charge in [-0.2, -0.15) is 4.31 Å². The summed E-state index contributed by atoms with van der Waals surface area (Å²) in [5, 5.41) is 5.10. The maximum Gasteiger partial charge on any atom is 0.254 e. The second-order valence-electron chi connectivity index (χ2n) is 6.23.